The molecule has 6 nitrogen and oxygen atoms in total. The predicted octanol–water partition coefficient (Wildman–Crippen LogP) is 2.20. The second-order valence-electron chi connectivity index (χ2n) is 5.20. The van der Waals surface area contributed by atoms with Crippen molar-refractivity contribution in [2.75, 3.05) is 14.2 Å². The number of carbonyl (C=O) groups is 2. The Kier molecular flexibility index (Phi) is 3.25. The molecule has 2 aromatic carbocycles. The smallest absolute Gasteiger partial charge is 0.202 e. The van der Waals surface area contributed by atoms with Crippen LogP contribution in [0.25, 0.3) is 0 Å². The molecule has 1 aliphatic rings. The first-order chi connectivity index (χ1) is 10.9. The van der Waals surface area contributed by atoms with Gasteiger partial charge in [-0.1, -0.05) is 0 Å². The van der Waals surface area contributed by atoms with E-state index in [1.807, 2.05) is 0 Å². The molecule has 23 heavy (non-hydrogen) atoms. The average Bonchev–Trinajstić information content (AvgIpc) is 2.53. The van der Waals surface area contributed by atoms with Gasteiger partial charge in [0.25, 0.3) is 0 Å². The highest BCUT2D eigenvalue weighted by Crippen LogP contribution is 2.44. The van der Waals surface area contributed by atoms with Gasteiger partial charge in [0.05, 0.1) is 25.3 Å². The van der Waals surface area contributed by atoms with Crippen LogP contribution in [-0.4, -0.2) is 36.0 Å². The zero-order chi connectivity index (χ0) is 16.9. The second kappa shape index (κ2) is 5.01. The summed E-state index contributed by atoms with van der Waals surface area (Å²) in [7, 11) is 2.80. The lowest BCUT2D eigenvalue weighted by atomic mass is 9.82. The van der Waals surface area contributed by atoms with Gasteiger partial charge in [0, 0.05) is 11.1 Å². The predicted molar refractivity (Wildman–Crippen MR) is 80.9 cm³/mol. The SMILES string of the molecule is COc1c(C)cc2c(c1OC)C(=O)c1c(ccc(O)c1O)C2=O. The molecule has 0 unspecified atom stereocenters. The van der Waals surface area contributed by atoms with E-state index >= 15 is 0 Å². The monoisotopic (exact) mass is 314 g/mol. The Labute approximate surface area is 131 Å². The van der Waals surface area contributed by atoms with E-state index in [0.717, 1.165) is 0 Å². The van der Waals surface area contributed by atoms with Gasteiger partial charge in [-0.3, -0.25) is 9.59 Å². The van der Waals surface area contributed by atoms with Crippen LogP contribution in [0, 0.1) is 6.92 Å². The number of rotatable bonds is 2. The highest BCUT2D eigenvalue weighted by Gasteiger charge is 2.37. The summed E-state index contributed by atoms with van der Waals surface area (Å²) in [6.07, 6.45) is 0. The molecule has 0 spiro atoms. The minimum Gasteiger partial charge on any atom is -0.504 e. The Morgan fingerprint density at radius 3 is 2.13 bits per heavy atom. The molecule has 2 aromatic rings. The van der Waals surface area contributed by atoms with Crippen molar-refractivity contribution in [2.24, 2.45) is 0 Å². The van der Waals surface area contributed by atoms with Crippen LogP contribution in [0.1, 0.15) is 37.4 Å². The zero-order valence-corrected chi connectivity index (χ0v) is 12.8. The van der Waals surface area contributed by atoms with Gasteiger partial charge in [0.2, 0.25) is 5.78 Å². The normalized spacial score (nSPS) is 12.7. The second-order valence-corrected chi connectivity index (χ2v) is 5.20. The molecular weight excluding hydrogens is 300 g/mol. The van der Waals surface area contributed by atoms with Crippen LogP contribution < -0.4 is 9.47 Å². The number of hydrogen-bond donors (Lipinski definition) is 2. The Balaban J connectivity index is 2.41. The highest BCUT2D eigenvalue weighted by atomic mass is 16.5. The Hall–Kier alpha value is -3.02. The molecule has 0 amide bonds. The number of ether oxygens (including phenoxy) is 2. The van der Waals surface area contributed by atoms with Crippen molar-refractivity contribution in [3.63, 3.8) is 0 Å². The molecule has 0 heterocycles. The average molecular weight is 314 g/mol. The number of fused-ring (bicyclic) bond motifs is 2. The number of methoxy groups -OCH3 is 2. The van der Waals surface area contributed by atoms with Gasteiger partial charge in [0.15, 0.2) is 28.8 Å². The van der Waals surface area contributed by atoms with Crippen LogP contribution in [0.3, 0.4) is 0 Å². The van der Waals surface area contributed by atoms with Crippen molar-refractivity contribution >= 4 is 11.6 Å². The minimum atomic E-state index is -0.618. The van der Waals surface area contributed by atoms with Gasteiger partial charge < -0.3 is 19.7 Å². The van der Waals surface area contributed by atoms with Crippen molar-refractivity contribution in [1.29, 1.82) is 0 Å². The fraction of sp³-hybridized carbons (Fsp3) is 0.176. The number of aryl methyl sites for hydroxylation is 1. The number of ketones is 2. The van der Waals surface area contributed by atoms with Crippen molar-refractivity contribution in [2.45, 2.75) is 6.92 Å². The number of hydrogen-bond acceptors (Lipinski definition) is 6. The molecule has 0 bridgehead atoms. The fourth-order valence-corrected chi connectivity index (χ4v) is 2.89. The number of carbonyl (C=O) groups excluding carboxylic acids is 2. The van der Waals surface area contributed by atoms with Crippen LogP contribution in [-0.2, 0) is 0 Å². The van der Waals surface area contributed by atoms with Crippen molar-refractivity contribution in [3.8, 4) is 23.0 Å². The van der Waals surface area contributed by atoms with Gasteiger partial charge in [0.1, 0.15) is 0 Å². The van der Waals surface area contributed by atoms with Gasteiger partial charge in [-0.15, -0.1) is 0 Å². The largest absolute Gasteiger partial charge is 0.504 e. The van der Waals surface area contributed by atoms with E-state index in [0.29, 0.717) is 11.3 Å². The molecule has 3 rings (SSSR count). The highest BCUT2D eigenvalue weighted by molar-refractivity contribution is 6.30. The van der Waals surface area contributed by atoms with Crippen LogP contribution in [0.2, 0.25) is 0 Å². The third-order valence-corrected chi connectivity index (χ3v) is 3.93. The Bertz CT molecular complexity index is 866. The summed E-state index contributed by atoms with van der Waals surface area (Å²) in [4.78, 5) is 25.5. The molecule has 118 valence electrons. The summed E-state index contributed by atoms with van der Waals surface area (Å²) in [5, 5.41) is 19.6. The molecule has 0 saturated carbocycles. The summed E-state index contributed by atoms with van der Waals surface area (Å²) in [6, 6.07) is 4.06. The zero-order valence-electron chi connectivity index (χ0n) is 12.8. The maximum Gasteiger partial charge on any atom is 0.202 e. The summed E-state index contributed by atoms with van der Waals surface area (Å²) in [6.45, 7) is 1.74. The number of phenols is 2. The molecular formula is C17H14O6. The molecule has 0 aliphatic heterocycles. The summed E-state index contributed by atoms with van der Waals surface area (Å²) < 4.78 is 10.5. The number of aromatic hydroxyl groups is 2. The molecule has 0 aromatic heterocycles. The maximum absolute atomic E-state index is 12.8. The lowest BCUT2D eigenvalue weighted by molar-refractivity contribution is 0.0973. The summed E-state index contributed by atoms with van der Waals surface area (Å²) in [5.41, 5.74) is 0.669. The minimum absolute atomic E-state index is 0.0216. The molecule has 0 saturated heterocycles. The van der Waals surface area contributed by atoms with E-state index in [1.165, 1.54) is 26.4 Å². The Morgan fingerprint density at radius 1 is 0.870 bits per heavy atom. The van der Waals surface area contributed by atoms with Crippen LogP contribution in [0.15, 0.2) is 18.2 Å². The Morgan fingerprint density at radius 2 is 1.52 bits per heavy atom. The third kappa shape index (κ3) is 1.88. The van der Waals surface area contributed by atoms with Crippen molar-refractivity contribution < 1.29 is 29.3 Å². The quantitative estimate of drug-likeness (QED) is 0.704. The van der Waals surface area contributed by atoms with Crippen molar-refractivity contribution in [3.05, 3.63) is 46.0 Å². The topological polar surface area (TPSA) is 93.1 Å². The first kappa shape index (κ1) is 14.9. The van der Waals surface area contributed by atoms with Crippen LogP contribution in [0.5, 0.6) is 23.0 Å². The van der Waals surface area contributed by atoms with Gasteiger partial charge in [-0.05, 0) is 30.7 Å². The molecule has 0 fully saturated rings. The van der Waals surface area contributed by atoms with Gasteiger partial charge in [-0.2, -0.15) is 0 Å². The first-order valence-corrected chi connectivity index (χ1v) is 6.82. The van der Waals surface area contributed by atoms with Crippen LogP contribution in [0.4, 0.5) is 0 Å². The maximum atomic E-state index is 12.8. The lowest BCUT2D eigenvalue weighted by Gasteiger charge is -2.23. The van der Waals surface area contributed by atoms with Crippen molar-refractivity contribution in [1.82, 2.24) is 0 Å². The molecule has 1 aliphatic carbocycles. The molecule has 2 N–H and O–H groups in total. The first-order valence-electron chi connectivity index (χ1n) is 6.82. The number of benzene rings is 2. The van der Waals surface area contributed by atoms with E-state index in [1.54, 1.807) is 13.0 Å². The van der Waals surface area contributed by atoms with Gasteiger partial charge >= 0.3 is 0 Å². The van der Waals surface area contributed by atoms with Gasteiger partial charge in [-0.25, -0.2) is 0 Å². The van der Waals surface area contributed by atoms with E-state index in [4.69, 9.17) is 9.47 Å². The fourth-order valence-electron chi connectivity index (χ4n) is 2.89. The molecule has 6 heteroatoms. The van der Waals surface area contributed by atoms with E-state index in [9.17, 15) is 19.8 Å². The summed E-state index contributed by atoms with van der Waals surface area (Å²) in [5.74, 6) is -1.63. The third-order valence-electron chi connectivity index (χ3n) is 3.93. The van der Waals surface area contributed by atoms with E-state index < -0.39 is 23.1 Å². The van der Waals surface area contributed by atoms with E-state index in [2.05, 4.69) is 0 Å². The molecule has 0 atom stereocenters. The standard InChI is InChI=1S/C17H14O6/c1-7-6-9-12(17(23-3)16(7)22-2)15(21)11-8(13(9)19)4-5-10(18)14(11)20/h4-6,18,20H,1-3H3. The summed E-state index contributed by atoms with van der Waals surface area (Å²) >= 11 is 0. The molecule has 0 radical (unpaired) electrons. The van der Waals surface area contributed by atoms with E-state index in [-0.39, 0.29) is 28.0 Å². The lowest BCUT2D eigenvalue weighted by Crippen LogP contribution is -2.22. The number of phenolic OH excluding ortho intramolecular Hbond substituents is 2. The van der Waals surface area contributed by atoms with Crippen LogP contribution >= 0.6 is 0 Å².